The minimum atomic E-state index is -0.302. The number of unbranched alkanes of at least 4 members (excludes halogenated alkanes) is 1. The van der Waals surface area contributed by atoms with E-state index < -0.39 is 0 Å². The highest BCUT2D eigenvalue weighted by atomic mass is 35.5. The number of esters is 1. The maximum Gasteiger partial charge on any atom is 0.330 e. The molecule has 174 valence electrons. The fourth-order valence-corrected chi connectivity index (χ4v) is 4.10. The molecule has 1 heterocycles. The number of carbonyl (C=O) groups is 1. The van der Waals surface area contributed by atoms with Crippen LogP contribution in [0.1, 0.15) is 30.9 Å². The van der Waals surface area contributed by atoms with Crippen molar-refractivity contribution in [3.05, 3.63) is 64.7 Å². The van der Waals surface area contributed by atoms with E-state index in [1.807, 2.05) is 12.1 Å². The molecule has 0 atom stereocenters. The fourth-order valence-electron chi connectivity index (χ4n) is 3.93. The van der Waals surface area contributed by atoms with Crippen molar-refractivity contribution in [1.29, 1.82) is 0 Å². The van der Waals surface area contributed by atoms with Crippen molar-refractivity contribution in [1.82, 2.24) is 5.32 Å². The minimum Gasteiger partial charge on any atom is -0.481 e. The summed E-state index contributed by atoms with van der Waals surface area (Å²) < 4.78 is 10.5. The third-order valence-electron chi connectivity index (χ3n) is 5.45. The van der Waals surface area contributed by atoms with Crippen LogP contribution in [0.15, 0.2) is 48.6 Å². The molecule has 0 aromatic heterocycles. The molecular formula is C27H31ClN2O3. The number of hydrogen-bond acceptors (Lipinski definition) is 5. The number of rotatable bonds is 11. The Morgan fingerprint density at radius 3 is 2.85 bits per heavy atom. The first-order valence-electron chi connectivity index (χ1n) is 11.4. The first kappa shape index (κ1) is 24.7. The molecule has 1 aliphatic rings. The van der Waals surface area contributed by atoms with Gasteiger partial charge in [0, 0.05) is 35.6 Å². The van der Waals surface area contributed by atoms with Gasteiger partial charge in [0.1, 0.15) is 12.4 Å². The van der Waals surface area contributed by atoms with Crippen LogP contribution in [-0.4, -0.2) is 38.8 Å². The summed E-state index contributed by atoms with van der Waals surface area (Å²) in [6, 6.07) is 12.4. The summed E-state index contributed by atoms with van der Waals surface area (Å²) in [6.45, 7) is 4.85. The lowest BCUT2D eigenvalue weighted by molar-refractivity contribution is -0.137. The summed E-state index contributed by atoms with van der Waals surface area (Å²) in [5, 5.41) is 4.08. The van der Waals surface area contributed by atoms with Gasteiger partial charge in [-0.3, -0.25) is 0 Å². The molecule has 0 saturated carbocycles. The number of nitrogens with zero attached hydrogens (tertiary/aromatic N) is 1. The van der Waals surface area contributed by atoms with E-state index in [1.165, 1.54) is 28.6 Å². The summed E-state index contributed by atoms with van der Waals surface area (Å²) in [4.78, 5) is 13.7. The standard InChI is InChI=1S/C27H31ClN2O3/c1-3-18-33-24-13-14-25-22(19-24)10-9-21-11-12-23(28)20-26(21)30(25)17-6-5-15-29-16-7-8-27(31)32-4-2/h1,7-8,11-14,19-20,29H,4-6,9-10,15-18H2,2H3/b8-7+. The Kier molecular flexibility index (Phi) is 9.68. The van der Waals surface area contributed by atoms with Crippen molar-refractivity contribution < 1.29 is 14.3 Å². The van der Waals surface area contributed by atoms with Gasteiger partial charge >= 0.3 is 5.97 Å². The molecule has 0 fully saturated rings. The molecule has 6 heteroatoms. The number of nitrogens with one attached hydrogen (secondary N) is 1. The van der Waals surface area contributed by atoms with Gasteiger partial charge in [-0.1, -0.05) is 29.7 Å². The van der Waals surface area contributed by atoms with Crippen molar-refractivity contribution in [2.24, 2.45) is 0 Å². The van der Waals surface area contributed by atoms with Crippen molar-refractivity contribution in [3.63, 3.8) is 0 Å². The number of carbonyl (C=O) groups excluding carboxylic acids is 1. The lowest BCUT2D eigenvalue weighted by Gasteiger charge is -2.27. The second kappa shape index (κ2) is 12.9. The first-order valence-corrected chi connectivity index (χ1v) is 11.8. The van der Waals surface area contributed by atoms with E-state index in [4.69, 9.17) is 27.5 Å². The number of ether oxygens (including phenoxy) is 2. The van der Waals surface area contributed by atoms with Gasteiger partial charge in [0.15, 0.2) is 0 Å². The maximum absolute atomic E-state index is 11.3. The summed E-state index contributed by atoms with van der Waals surface area (Å²) >= 11 is 6.36. The third-order valence-corrected chi connectivity index (χ3v) is 5.69. The van der Waals surface area contributed by atoms with Crippen LogP contribution in [0.3, 0.4) is 0 Å². The summed E-state index contributed by atoms with van der Waals surface area (Å²) in [5.41, 5.74) is 4.90. The van der Waals surface area contributed by atoms with Gasteiger partial charge in [-0.2, -0.15) is 0 Å². The predicted molar refractivity (Wildman–Crippen MR) is 135 cm³/mol. The van der Waals surface area contributed by atoms with Crippen LogP contribution in [-0.2, 0) is 22.4 Å². The minimum absolute atomic E-state index is 0.264. The number of aryl methyl sites for hydroxylation is 2. The average molecular weight is 467 g/mol. The van der Waals surface area contributed by atoms with Crippen LogP contribution in [0.5, 0.6) is 5.75 Å². The zero-order valence-electron chi connectivity index (χ0n) is 19.1. The smallest absolute Gasteiger partial charge is 0.330 e. The Morgan fingerprint density at radius 1 is 1.18 bits per heavy atom. The highest BCUT2D eigenvalue weighted by molar-refractivity contribution is 6.30. The van der Waals surface area contributed by atoms with Gasteiger partial charge in [-0.05, 0) is 80.6 Å². The van der Waals surface area contributed by atoms with E-state index in [1.54, 1.807) is 13.0 Å². The largest absolute Gasteiger partial charge is 0.481 e. The zero-order valence-corrected chi connectivity index (χ0v) is 19.9. The van der Waals surface area contributed by atoms with Crippen molar-refractivity contribution in [2.45, 2.75) is 32.6 Å². The monoisotopic (exact) mass is 466 g/mol. The molecule has 0 unspecified atom stereocenters. The van der Waals surface area contributed by atoms with Gasteiger partial charge < -0.3 is 19.7 Å². The van der Waals surface area contributed by atoms with E-state index in [9.17, 15) is 4.79 Å². The van der Waals surface area contributed by atoms with Crippen LogP contribution in [0.2, 0.25) is 5.02 Å². The maximum atomic E-state index is 11.3. The SMILES string of the molecule is C#CCOc1ccc2c(c1)CCc1ccc(Cl)cc1N2CCCCNC/C=C/C(=O)OCC. The zero-order chi connectivity index (χ0) is 23.5. The number of terminal acetylenes is 1. The second-order valence-corrected chi connectivity index (χ2v) is 8.21. The normalized spacial score (nSPS) is 12.6. The Hall–Kier alpha value is -2.94. The molecular weight excluding hydrogens is 436 g/mol. The molecule has 2 aromatic rings. The van der Waals surface area contributed by atoms with E-state index in [2.05, 4.69) is 40.4 Å². The van der Waals surface area contributed by atoms with Crippen molar-refractivity contribution in [2.75, 3.05) is 37.7 Å². The molecule has 0 amide bonds. The summed E-state index contributed by atoms with van der Waals surface area (Å²) in [6.07, 6.45) is 12.5. The quantitative estimate of drug-likeness (QED) is 0.217. The third kappa shape index (κ3) is 7.28. The van der Waals surface area contributed by atoms with Gasteiger partial charge in [0.25, 0.3) is 0 Å². The number of fused-ring (bicyclic) bond motifs is 2. The molecule has 33 heavy (non-hydrogen) atoms. The van der Waals surface area contributed by atoms with E-state index in [0.717, 1.165) is 49.5 Å². The Morgan fingerprint density at radius 2 is 2.03 bits per heavy atom. The van der Waals surface area contributed by atoms with Crippen LogP contribution in [0, 0.1) is 12.3 Å². The first-order chi connectivity index (χ1) is 16.1. The number of hydrogen-bond donors (Lipinski definition) is 1. The molecule has 5 nitrogen and oxygen atoms in total. The van der Waals surface area contributed by atoms with Crippen molar-refractivity contribution >= 4 is 28.9 Å². The lowest BCUT2D eigenvalue weighted by atomic mass is 10.0. The van der Waals surface area contributed by atoms with Gasteiger partial charge in [-0.15, -0.1) is 6.42 Å². The van der Waals surface area contributed by atoms with Crippen LogP contribution >= 0.6 is 11.6 Å². The number of anilines is 2. The number of benzene rings is 2. The van der Waals surface area contributed by atoms with Crippen molar-refractivity contribution in [3.8, 4) is 18.1 Å². The highest BCUT2D eigenvalue weighted by Crippen LogP contribution is 2.39. The van der Waals surface area contributed by atoms with Gasteiger partial charge in [0.2, 0.25) is 0 Å². The van der Waals surface area contributed by atoms with Crippen LogP contribution < -0.4 is 15.0 Å². The molecule has 0 bridgehead atoms. The molecule has 0 aliphatic carbocycles. The second-order valence-electron chi connectivity index (χ2n) is 7.77. The molecule has 0 saturated heterocycles. The Balaban J connectivity index is 1.63. The fraction of sp³-hybridized carbons (Fsp3) is 0.370. The highest BCUT2D eigenvalue weighted by Gasteiger charge is 2.21. The van der Waals surface area contributed by atoms with E-state index in [0.29, 0.717) is 13.2 Å². The Labute approximate surface area is 201 Å². The molecule has 1 aliphatic heterocycles. The van der Waals surface area contributed by atoms with E-state index >= 15 is 0 Å². The summed E-state index contributed by atoms with van der Waals surface area (Å²) in [7, 11) is 0. The van der Waals surface area contributed by atoms with Gasteiger partial charge in [0.05, 0.1) is 6.61 Å². The Bertz CT molecular complexity index is 1010. The topological polar surface area (TPSA) is 50.8 Å². The van der Waals surface area contributed by atoms with E-state index in [-0.39, 0.29) is 12.6 Å². The molecule has 1 N–H and O–H groups in total. The predicted octanol–water partition coefficient (Wildman–Crippen LogP) is 5.08. The molecule has 3 rings (SSSR count). The number of halogens is 1. The van der Waals surface area contributed by atoms with Crippen LogP contribution in [0.4, 0.5) is 11.4 Å². The molecule has 0 spiro atoms. The van der Waals surface area contributed by atoms with Crippen LogP contribution in [0.25, 0.3) is 0 Å². The van der Waals surface area contributed by atoms with Gasteiger partial charge in [-0.25, -0.2) is 4.79 Å². The average Bonchev–Trinajstić information content (AvgIpc) is 2.96. The summed E-state index contributed by atoms with van der Waals surface area (Å²) in [5.74, 6) is 3.02. The molecule has 0 radical (unpaired) electrons. The molecule has 2 aromatic carbocycles. The lowest BCUT2D eigenvalue weighted by Crippen LogP contribution is -2.22.